The zero-order chi connectivity index (χ0) is 9.84. The van der Waals surface area contributed by atoms with E-state index in [-0.39, 0.29) is 6.10 Å². The molecule has 0 bridgehead atoms. The Labute approximate surface area is 82.5 Å². The van der Waals surface area contributed by atoms with Crippen molar-refractivity contribution >= 4 is 0 Å². The van der Waals surface area contributed by atoms with Gasteiger partial charge in [-0.05, 0) is 37.0 Å². The first-order chi connectivity index (χ1) is 6.16. The van der Waals surface area contributed by atoms with Crippen molar-refractivity contribution in [3.8, 4) is 0 Å². The number of aliphatic hydroxyl groups is 1. The maximum absolute atomic E-state index is 9.92. The van der Waals surface area contributed by atoms with Crippen LogP contribution in [-0.2, 0) is 0 Å². The third-order valence-corrected chi connectivity index (χ3v) is 3.56. The molecule has 1 aliphatic carbocycles. The lowest BCUT2D eigenvalue weighted by Gasteiger charge is -2.38. The van der Waals surface area contributed by atoms with Crippen molar-refractivity contribution in [2.45, 2.75) is 59.0 Å². The summed E-state index contributed by atoms with van der Waals surface area (Å²) in [5.41, 5.74) is 0. The van der Waals surface area contributed by atoms with Gasteiger partial charge in [0, 0.05) is 0 Å². The second-order valence-corrected chi connectivity index (χ2v) is 4.86. The minimum Gasteiger partial charge on any atom is -0.393 e. The van der Waals surface area contributed by atoms with Crippen molar-refractivity contribution in [3.63, 3.8) is 0 Å². The first-order valence-corrected chi connectivity index (χ1v) is 5.84. The molecule has 1 fully saturated rings. The van der Waals surface area contributed by atoms with E-state index in [0.717, 1.165) is 18.3 Å². The molecule has 78 valence electrons. The molecule has 1 rings (SSSR count). The van der Waals surface area contributed by atoms with E-state index < -0.39 is 0 Å². The highest BCUT2D eigenvalue weighted by Gasteiger charge is 2.32. The SMILES string of the molecule is CCCC1C(O)CCCC1C(C)C. The van der Waals surface area contributed by atoms with Gasteiger partial charge in [0.2, 0.25) is 0 Å². The van der Waals surface area contributed by atoms with Crippen LogP contribution in [0, 0.1) is 17.8 Å². The van der Waals surface area contributed by atoms with Crippen LogP contribution in [0.15, 0.2) is 0 Å². The van der Waals surface area contributed by atoms with Crippen LogP contribution in [0.3, 0.4) is 0 Å². The molecule has 3 atom stereocenters. The minimum atomic E-state index is -0.0129. The number of rotatable bonds is 3. The van der Waals surface area contributed by atoms with Crippen molar-refractivity contribution in [2.24, 2.45) is 17.8 Å². The van der Waals surface area contributed by atoms with Gasteiger partial charge in [-0.1, -0.05) is 33.6 Å². The highest BCUT2D eigenvalue weighted by molar-refractivity contribution is 4.83. The summed E-state index contributed by atoms with van der Waals surface area (Å²) < 4.78 is 0. The van der Waals surface area contributed by atoms with Crippen LogP contribution in [-0.4, -0.2) is 11.2 Å². The van der Waals surface area contributed by atoms with E-state index in [9.17, 15) is 5.11 Å². The molecule has 0 radical (unpaired) electrons. The minimum absolute atomic E-state index is 0.0129. The Morgan fingerprint density at radius 2 is 2.00 bits per heavy atom. The van der Waals surface area contributed by atoms with Gasteiger partial charge < -0.3 is 5.11 Å². The Bertz CT molecular complexity index is 142. The van der Waals surface area contributed by atoms with Gasteiger partial charge in [0.1, 0.15) is 0 Å². The summed E-state index contributed by atoms with van der Waals surface area (Å²) in [6, 6.07) is 0. The van der Waals surface area contributed by atoms with E-state index in [2.05, 4.69) is 20.8 Å². The predicted octanol–water partition coefficient (Wildman–Crippen LogP) is 3.22. The number of hydrogen-bond donors (Lipinski definition) is 1. The molecular weight excluding hydrogens is 160 g/mol. The van der Waals surface area contributed by atoms with Crippen molar-refractivity contribution in [1.82, 2.24) is 0 Å². The van der Waals surface area contributed by atoms with Crippen LogP contribution in [0.2, 0.25) is 0 Å². The monoisotopic (exact) mass is 184 g/mol. The summed E-state index contributed by atoms with van der Waals surface area (Å²) in [7, 11) is 0. The molecule has 0 saturated heterocycles. The molecule has 3 unspecified atom stereocenters. The lowest BCUT2D eigenvalue weighted by atomic mass is 9.70. The standard InChI is InChI=1S/C12H24O/c1-4-6-11-10(9(2)3)7-5-8-12(11)13/h9-13H,4-8H2,1-3H3. The van der Waals surface area contributed by atoms with E-state index in [1.165, 1.54) is 25.7 Å². The van der Waals surface area contributed by atoms with E-state index in [0.29, 0.717) is 5.92 Å². The first-order valence-electron chi connectivity index (χ1n) is 5.84. The predicted molar refractivity (Wildman–Crippen MR) is 56.6 cm³/mol. The fourth-order valence-corrected chi connectivity index (χ4v) is 2.84. The number of aliphatic hydroxyl groups excluding tert-OH is 1. The maximum atomic E-state index is 9.92. The Morgan fingerprint density at radius 1 is 1.31 bits per heavy atom. The molecule has 1 nitrogen and oxygen atoms in total. The van der Waals surface area contributed by atoms with Gasteiger partial charge in [-0.25, -0.2) is 0 Å². The van der Waals surface area contributed by atoms with Gasteiger partial charge in [-0.15, -0.1) is 0 Å². The molecule has 0 amide bonds. The van der Waals surface area contributed by atoms with Gasteiger partial charge in [-0.2, -0.15) is 0 Å². The summed E-state index contributed by atoms with van der Waals surface area (Å²) in [6.45, 7) is 6.81. The maximum Gasteiger partial charge on any atom is 0.0571 e. The number of hydrogen-bond acceptors (Lipinski definition) is 1. The smallest absolute Gasteiger partial charge is 0.0571 e. The molecule has 0 spiro atoms. The molecule has 1 aliphatic rings. The Balaban J connectivity index is 2.56. The molecule has 0 aliphatic heterocycles. The molecule has 0 aromatic heterocycles. The van der Waals surface area contributed by atoms with Gasteiger partial charge in [0.05, 0.1) is 6.10 Å². The van der Waals surface area contributed by atoms with Crippen molar-refractivity contribution in [3.05, 3.63) is 0 Å². The molecular formula is C12H24O. The Kier molecular flexibility index (Phi) is 4.24. The van der Waals surface area contributed by atoms with E-state index in [1.807, 2.05) is 0 Å². The van der Waals surface area contributed by atoms with Crippen molar-refractivity contribution in [1.29, 1.82) is 0 Å². The lowest BCUT2D eigenvalue weighted by molar-refractivity contribution is 0.0111. The summed E-state index contributed by atoms with van der Waals surface area (Å²) in [4.78, 5) is 0. The Hall–Kier alpha value is -0.0400. The van der Waals surface area contributed by atoms with Crippen molar-refractivity contribution in [2.75, 3.05) is 0 Å². The summed E-state index contributed by atoms with van der Waals surface area (Å²) >= 11 is 0. The quantitative estimate of drug-likeness (QED) is 0.714. The second kappa shape index (κ2) is 4.99. The van der Waals surface area contributed by atoms with Gasteiger partial charge in [-0.3, -0.25) is 0 Å². The zero-order valence-electron chi connectivity index (χ0n) is 9.29. The average Bonchev–Trinajstić information content (AvgIpc) is 2.08. The van der Waals surface area contributed by atoms with Crippen LogP contribution < -0.4 is 0 Å². The molecule has 0 aromatic rings. The normalized spacial score (nSPS) is 35.3. The van der Waals surface area contributed by atoms with Crippen LogP contribution in [0.25, 0.3) is 0 Å². The van der Waals surface area contributed by atoms with Crippen LogP contribution in [0.5, 0.6) is 0 Å². The summed E-state index contributed by atoms with van der Waals surface area (Å²) in [5.74, 6) is 2.09. The van der Waals surface area contributed by atoms with Gasteiger partial charge >= 0.3 is 0 Å². The fourth-order valence-electron chi connectivity index (χ4n) is 2.84. The van der Waals surface area contributed by atoms with E-state index in [4.69, 9.17) is 0 Å². The van der Waals surface area contributed by atoms with Crippen LogP contribution in [0.1, 0.15) is 52.9 Å². The highest BCUT2D eigenvalue weighted by Crippen LogP contribution is 2.37. The Morgan fingerprint density at radius 3 is 2.54 bits per heavy atom. The van der Waals surface area contributed by atoms with Crippen molar-refractivity contribution < 1.29 is 5.11 Å². The third-order valence-electron chi connectivity index (χ3n) is 3.56. The molecule has 1 N–H and O–H groups in total. The summed E-state index contributed by atoms with van der Waals surface area (Å²) in [5, 5.41) is 9.92. The first kappa shape index (κ1) is 11.0. The summed E-state index contributed by atoms with van der Waals surface area (Å²) in [6.07, 6.45) is 6.01. The topological polar surface area (TPSA) is 20.2 Å². The van der Waals surface area contributed by atoms with Crippen LogP contribution in [0.4, 0.5) is 0 Å². The molecule has 13 heavy (non-hydrogen) atoms. The second-order valence-electron chi connectivity index (χ2n) is 4.86. The third kappa shape index (κ3) is 2.70. The molecule has 1 heteroatoms. The molecule has 0 heterocycles. The largest absolute Gasteiger partial charge is 0.393 e. The van der Waals surface area contributed by atoms with E-state index in [1.54, 1.807) is 0 Å². The highest BCUT2D eigenvalue weighted by atomic mass is 16.3. The molecule has 1 saturated carbocycles. The zero-order valence-corrected chi connectivity index (χ0v) is 9.29. The average molecular weight is 184 g/mol. The fraction of sp³-hybridized carbons (Fsp3) is 1.00. The van der Waals surface area contributed by atoms with Gasteiger partial charge in [0.15, 0.2) is 0 Å². The van der Waals surface area contributed by atoms with Gasteiger partial charge in [0.25, 0.3) is 0 Å². The van der Waals surface area contributed by atoms with E-state index >= 15 is 0 Å². The van der Waals surface area contributed by atoms with Crippen LogP contribution >= 0.6 is 0 Å². The molecule has 0 aromatic carbocycles. The lowest BCUT2D eigenvalue weighted by Crippen LogP contribution is -2.34.